The van der Waals surface area contributed by atoms with Crippen molar-refractivity contribution in [1.29, 1.82) is 0 Å². The topological polar surface area (TPSA) is 75.4 Å². The van der Waals surface area contributed by atoms with Gasteiger partial charge in [-0.05, 0) is 45.2 Å². The summed E-state index contributed by atoms with van der Waals surface area (Å²) in [6, 6.07) is 0.208. The standard InChI is InChI=1S/C18H25F3N6O.ClH/c1-4-9-26(13-7-8-22-10-13)15(28)6-5-14-11(2)23-17-24-16(18(19,20)21)25-27(17)12(14)3;/h13,22H,4-10H2,1-3H3;1H. The van der Waals surface area contributed by atoms with Crippen molar-refractivity contribution in [3.05, 3.63) is 22.8 Å². The number of hydrogen-bond acceptors (Lipinski definition) is 5. The van der Waals surface area contributed by atoms with Crippen LogP contribution in [0.1, 0.15) is 49.0 Å². The van der Waals surface area contributed by atoms with E-state index < -0.39 is 12.0 Å². The number of fused-ring (bicyclic) bond motifs is 1. The van der Waals surface area contributed by atoms with Crippen LogP contribution in [0.3, 0.4) is 0 Å². The zero-order valence-electron chi connectivity index (χ0n) is 16.7. The Balaban J connectivity index is 0.00000300. The molecule has 1 unspecified atom stereocenters. The molecular weight excluding hydrogens is 409 g/mol. The second kappa shape index (κ2) is 9.25. The summed E-state index contributed by atoms with van der Waals surface area (Å²) in [6.45, 7) is 7.86. The molecule has 29 heavy (non-hydrogen) atoms. The molecular formula is C18H26ClF3N6O. The average Bonchev–Trinajstić information content (AvgIpc) is 3.28. The quantitative estimate of drug-likeness (QED) is 0.756. The number of rotatable bonds is 6. The van der Waals surface area contributed by atoms with E-state index in [1.807, 2.05) is 11.8 Å². The number of nitrogens with one attached hydrogen (secondary N) is 1. The summed E-state index contributed by atoms with van der Waals surface area (Å²) in [5.74, 6) is -1.23. The molecule has 0 aromatic carbocycles. The van der Waals surface area contributed by atoms with Gasteiger partial charge in [-0.2, -0.15) is 18.2 Å². The van der Waals surface area contributed by atoms with Crippen molar-refractivity contribution in [2.24, 2.45) is 0 Å². The number of alkyl halides is 3. The first-order valence-corrected chi connectivity index (χ1v) is 9.52. The minimum Gasteiger partial charge on any atom is -0.338 e. The van der Waals surface area contributed by atoms with Crippen LogP contribution in [0.15, 0.2) is 0 Å². The molecule has 1 amide bonds. The summed E-state index contributed by atoms with van der Waals surface area (Å²) in [5, 5.41) is 6.83. The van der Waals surface area contributed by atoms with Crippen LogP contribution in [-0.2, 0) is 17.4 Å². The van der Waals surface area contributed by atoms with E-state index in [9.17, 15) is 18.0 Å². The summed E-state index contributed by atoms with van der Waals surface area (Å²) in [5.41, 5.74) is 1.84. The fourth-order valence-corrected chi connectivity index (χ4v) is 3.72. The van der Waals surface area contributed by atoms with Gasteiger partial charge in [0.2, 0.25) is 5.91 Å². The van der Waals surface area contributed by atoms with E-state index in [0.717, 1.165) is 36.0 Å². The van der Waals surface area contributed by atoms with Crippen molar-refractivity contribution >= 4 is 24.1 Å². The van der Waals surface area contributed by atoms with Gasteiger partial charge in [-0.3, -0.25) is 4.79 Å². The summed E-state index contributed by atoms with van der Waals surface area (Å²) >= 11 is 0. The molecule has 0 saturated carbocycles. The third-order valence-electron chi connectivity index (χ3n) is 5.15. The van der Waals surface area contributed by atoms with Crippen LogP contribution in [0.25, 0.3) is 5.78 Å². The van der Waals surface area contributed by atoms with Gasteiger partial charge in [0, 0.05) is 36.9 Å². The lowest BCUT2D eigenvalue weighted by atomic mass is 10.1. The first-order chi connectivity index (χ1) is 13.2. The molecule has 0 spiro atoms. The zero-order valence-corrected chi connectivity index (χ0v) is 17.5. The molecule has 1 aliphatic heterocycles. The smallest absolute Gasteiger partial charge is 0.338 e. The van der Waals surface area contributed by atoms with E-state index >= 15 is 0 Å². The highest BCUT2D eigenvalue weighted by Gasteiger charge is 2.37. The van der Waals surface area contributed by atoms with E-state index in [1.165, 1.54) is 0 Å². The monoisotopic (exact) mass is 434 g/mol. The number of nitrogens with zero attached hydrogens (tertiary/aromatic N) is 5. The minimum atomic E-state index is -4.62. The summed E-state index contributed by atoms with van der Waals surface area (Å²) in [4.78, 5) is 22.4. The van der Waals surface area contributed by atoms with Crippen LogP contribution in [0, 0.1) is 13.8 Å². The van der Waals surface area contributed by atoms with Crippen LogP contribution in [0.4, 0.5) is 13.2 Å². The third-order valence-corrected chi connectivity index (χ3v) is 5.15. The van der Waals surface area contributed by atoms with Gasteiger partial charge in [0.1, 0.15) is 0 Å². The van der Waals surface area contributed by atoms with Gasteiger partial charge in [-0.25, -0.2) is 9.50 Å². The highest BCUT2D eigenvalue weighted by molar-refractivity contribution is 5.85. The van der Waals surface area contributed by atoms with Gasteiger partial charge in [-0.15, -0.1) is 17.5 Å². The van der Waals surface area contributed by atoms with Gasteiger partial charge >= 0.3 is 6.18 Å². The highest BCUT2D eigenvalue weighted by atomic mass is 35.5. The molecule has 1 N–H and O–H groups in total. The maximum Gasteiger partial charge on any atom is 0.453 e. The minimum absolute atomic E-state index is 0. The number of halogens is 4. The van der Waals surface area contributed by atoms with Crippen molar-refractivity contribution < 1.29 is 18.0 Å². The van der Waals surface area contributed by atoms with Crippen LogP contribution in [0.2, 0.25) is 0 Å². The molecule has 7 nitrogen and oxygen atoms in total. The Kier molecular flexibility index (Phi) is 7.45. The lowest BCUT2D eigenvalue weighted by Crippen LogP contribution is -2.42. The van der Waals surface area contributed by atoms with Crippen LogP contribution in [-0.4, -0.2) is 56.1 Å². The number of aromatic nitrogens is 4. The maximum atomic E-state index is 12.9. The number of aryl methyl sites for hydroxylation is 2. The van der Waals surface area contributed by atoms with Gasteiger partial charge in [0.15, 0.2) is 0 Å². The van der Waals surface area contributed by atoms with Gasteiger partial charge in [0.25, 0.3) is 11.6 Å². The molecule has 2 aromatic heterocycles. The Hall–Kier alpha value is -1.94. The summed E-state index contributed by atoms with van der Waals surface area (Å²) in [7, 11) is 0. The highest BCUT2D eigenvalue weighted by Crippen LogP contribution is 2.27. The molecule has 3 heterocycles. The first kappa shape index (κ1) is 23.3. The van der Waals surface area contributed by atoms with Crippen LogP contribution in [0.5, 0.6) is 0 Å². The predicted octanol–water partition coefficient (Wildman–Crippen LogP) is 2.71. The fourth-order valence-electron chi connectivity index (χ4n) is 3.72. The molecule has 1 aliphatic rings. The van der Waals surface area contributed by atoms with Gasteiger partial charge in [-0.1, -0.05) is 6.92 Å². The Labute approximate surface area is 173 Å². The molecule has 162 valence electrons. The normalized spacial score (nSPS) is 16.8. The van der Waals surface area contributed by atoms with Crippen molar-refractivity contribution in [1.82, 2.24) is 29.8 Å². The van der Waals surface area contributed by atoms with E-state index in [-0.39, 0.29) is 36.6 Å². The SMILES string of the molecule is CCCN(C(=O)CCc1c(C)nc2nc(C(F)(F)F)nn2c1C)C1CCNC1.Cl. The number of carbonyl (C=O) groups excluding carboxylic acids is 1. The molecule has 2 aromatic rings. The molecule has 1 saturated heterocycles. The fraction of sp³-hybridized carbons (Fsp3) is 0.667. The molecule has 0 aliphatic carbocycles. The number of carbonyl (C=O) groups is 1. The lowest BCUT2D eigenvalue weighted by Gasteiger charge is -2.28. The first-order valence-electron chi connectivity index (χ1n) is 9.52. The Bertz CT molecular complexity index is 863. The average molecular weight is 435 g/mol. The molecule has 1 fully saturated rings. The number of hydrogen-bond donors (Lipinski definition) is 1. The zero-order chi connectivity index (χ0) is 20.5. The largest absolute Gasteiger partial charge is 0.453 e. The van der Waals surface area contributed by atoms with E-state index in [0.29, 0.717) is 24.4 Å². The Morgan fingerprint density at radius 1 is 1.31 bits per heavy atom. The van der Waals surface area contributed by atoms with Crippen molar-refractivity contribution in [2.75, 3.05) is 19.6 Å². The molecule has 0 radical (unpaired) electrons. The van der Waals surface area contributed by atoms with Crippen molar-refractivity contribution in [3.8, 4) is 0 Å². The van der Waals surface area contributed by atoms with E-state index in [2.05, 4.69) is 20.4 Å². The number of amides is 1. The molecule has 1 atom stereocenters. The second-order valence-corrected chi connectivity index (χ2v) is 7.14. The molecule has 3 rings (SSSR count). The Morgan fingerprint density at radius 3 is 2.62 bits per heavy atom. The van der Waals surface area contributed by atoms with E-state index in [1.54, 1.807) is 13.8 Å². The summed E-state index contributed by atoms with van der Waals surface area (Å²) in [6.07, 6.45) is -2.11. The van der Waals surface area contributed by atoms with Crippen LogP contribution >= 0.6 is 12.4 Å². The van der Waals surface area contributed by atoms with Gasteiger partial charge < -0.3 is 10.2 Å². The lowest BCUT2D eigenvalue weighted by molar-refractivity contribution is -0.144. The van der Waals surface area contributed by atoms with Crippen LogP contribution < -0.4 is 5.32 Å². The maximum absolute atomic E-state index is 12.9. The Morgan fingerprint density at radius 2 is 2.03 bits per heavy atom. The molecule has 11 heteroatoms. The van der Waals surface area contributed by atoms with E-state index in [4.69, 9.17) is 0 Å². The summed E-state index contributed by atoms with van der Waals surface area (Å²) < 4.78 is 39.8. The predicted molar refractivity (Wildman–Crippen MR) is 104 cm³/mol. The van der Waals surface area contributed by atoms with Gasteiger partial charge in [0.05, 0.1) is 0 Å². The molecule has 0 bridgehead atoms. The van der Waals surface area contributed by atoms with Crippen molar-refractivity contribution in [2.45, 2.75) is 58.7 Å². The third kappa shape index (κ3) is 4.98. The van der Waals surface area contributed by atoms with Crippen molar-refractivity contribution in [3.63, 3.8) is 0 Å². The second-order valence-electron chi connectivity index (χ2n) is 7.14.